The fraction of sp³-hybridized carbons (Fsp3) is 0.312. The number of hydrogen-bond donors (Lipinski definition) is 1. The lowest BCUT2D eigenvalue weighted by Crippen LogP contribution is -2.50. The summed E-state index contributed by atoms with van der Waals surface area (Å²) >= 11 is 0. The third-order valence-corrected chi connectivity index (χ3v) is 3.84. The number of phenols is 1. The van der Waals surface area contributed by atoms with Gasteiger partial charge in [-0.15, -0.1) is 0 Å². The first-order valence-corrected chi connectivity index (χ1v) is 6.92. The van der Waals surface area contributed by atoms with E-state index in [4.69, 9.17) is 0 Å². The van der Waals surface area contributed by atoms with Crippen LogP contribution in [0.15, 0.2) is 48.6 Å². The zero-order chi connectivity index (χ0) is 13.9. The van der Waals surface area contributed by atoms with Gasteiger partial charge in [0, 0.05) is 31.9 Å². The Labute approximate surface area is 118 Å². The normalized spacial score (nSPS) is 18.8. The van der Waals surface area contributed by atoms with Crippen LogP contribution >= 0.6 is 0 Å². The molecule has 0 radical (unpaired) electrons. The molecule has 1 aromatic rings. The number of phenolic OH excluding ortho intramolecular Hbond substituents is 1. The van der Waals surface area contributed by atoms with Gasteiger partial charge in [0.25, 0.3) is 0 Å². The summed E-state index contributed by atoms with van der Waals surface area (Å²) in [7, 11) is 0. The van der Waals surface area contributed by atoms with Crippen LogP contribution in [0.1, 0.15) is 0 Å². The Morgan fingerprint density at radius 1 is 1.00 bits per heavy atom. The maximum absolute atomic E-state index is 12.3. The first-order chi connectivity index (χ1) is 9.74. The number of amides is 1. The second kappa shape index (κ2) is 5.41. The molecule has 0 spiro atoms. The monoisotopic (exact) mass is 270 g/mol. The molecule has 1 amide bonds. The van der Waals surface area contributed by atoms with Crippen LogP contribution in [-0.2, 0) is 4.79 Å². The molecule has 2 aliphatic rings. The minimum absolute atomic E-state index is 0.0739. The van der Waals surface area contributed by atoms with E-state index < -0.39 is 0 Å². The van der Waals surface area contributed by atoms with Crippen LogP contribution in [-0.4, -0.2) is 42.1 Å². The SMILES string of the molecule is O=C(C1C=CC=C1)N1CCN(c2ccc(O)cc2)CC1. The molecule has 0 unspecified atom stereocenters. The number of hydrogen-bond acceptors (Lipinski definition) is 3. The van der Waals surface area contributed by atoms with Crippen LogP contribution in [0, 0.1) is 5.92 Å². The van der Waals surface area contributed by atoms with E-state index in [0.717, 1.165) is 31.9 Å². The van der Waals surface area contributed by atoms with Crippen LogP contribution < -0.4 is 4.90 Å². The van der Waals surface area contributed by atoms with Gasteiger partial charge in [-0.1, -0.05) is 24.3 Å². The average Bonchev–Trinajstić information content (AvgIpc) is 3.02. The van der Waals surface area contributed by atoms with E-state index in [-0.39, 0.29) is 17.6 Å². The fourth-order valence-corrected chi connectivity index (χ4v) is 2.66. The molecular weight excluding hydrogens is 252 g/mol. The molecule has 1 saturated heterocycles. The van der Waals surface area contributed by atoms with Gasteiger partial charge < -0.3 is 14.9 Å². The number of rotatable bonds is 2. The van der Waals surface area contributed by atoms with Gasteiger partial charge in [-0.2, -0.15) is 0 Å². The first kappa shape index (κ1) is 12.8. The maximum atomic E-state index is 12.3. The number of anilines is 1. The summed E-state index contributed by atoms with van der Waals surface area (Å²) in [6, 6.07) is 7.21. The van der Waals surface area contributed by atoms with Crippen LogP contribution in [0.25, 0.3) is 0 Å². The van der Waals surface area contributed by atoms with Gasteiger partial charge in [0.15, 0.2) is 0 Å². The van der Waals surface area contributed by atoms with Crippen molar-refractivity contribution in [1.82, 2.24) is 4.90 Å². The van der Waals surface area contributed by atoms with Gasteiger partial charge in [-0.3, -0.25) is 4.79 Å². The lowest BCUT2D eigenvalue weighted by Gasteiger charge is -2.36. The second-order valence-corrected chi connectivity index (χ2v) is 5.12. The standard InChI is InChI=1S/C16H18N2O2/c19-15-7-5-14(6-8-15)17-9-11-18(12-10-17)16(20)13-3-1-2-4-13/h1-8,13,19H,9-12H2. The largest absolute Gasteiger partial charge is 0.508 e. The van der Waals surface area contributed by atoms with Crippen molar-refractivity contribution in [3.05, 3.63) is 48.6 Å². The Bertz CT molecular complexity index is 528. The zero-order valence-corrected chi connectivity index (χ0v) is 11.3. The van der Waals surface area contributed by atoms with Gasteiger partial charge in [-0.25, -0.2) is 0 Å². The minimum Gasteiger partial charge on any atom is -0.508 e. The highest BCUT2D eigenvalue weighted by Crippen LogP contribution is 2.21. The summed E-state index contributed by atoms with van der Waals surface area (Å²) in [5.41, 5.74) is 1.09. The van der Waals surface area contributed by atoms with Gasteiger partial charge in [-0.05, 0) is 24.3 Å². The summed E-state index contributed by atoms with van der Waals surface area (Å²) in [6.07, 6.45) is 7.73. The highest BCUT2D eigenvalue weighted by Gasteiger charge is 2.25. The van der Waals surface area contributed by atoms with Crippen molar-refractivity contribution in [3.8, 4) is 5.75 Å². The Balaban J connectivity index is 1.59. The smallest absolute Gasteiger partial charge is 0.233 e. The molecule has 0 atom stereocenters. The Morgan fingerprint density at radius 3 is 2.20 bits per heavy atom. The third kappa shape index (κ3) is 2.54. The van der Waals surface area contributed by atoms with Crippen LogP contribution in [0.4, 0.5) is 5.69 Å². The molecule has 4 nitrogen and oxygen atoms in total. The van der Waals surface area contributed by atoms with Gasteiger partial charge in [0.2, 0.25) is 5.91 Å². The summed E-state index contributed by atoms with van der Waals surface area (Å²) in [6.45, 7) is 3.16. The van der Waals surface area contributed by atoms with E-state index in [1.807, 2.05) is 41.3 Å². The average molecular weight is 270 g/mol. The summed E-state index contributed by atoms with van der Waals surface area (Å²) in [5, 5.41) is 9.31. The molecule has 1 aliphatic carbocycles. The van der Waals surface area contributed by atoms with Crippen molar-refractivity contribution < 1.29 is 9.90 Å². The van der Waals surface area contributed by atoms with Gasteiger partial charge in [0.05, 0.1) is 5.92 Å². The highest BCUT2D eigenvalue weighted by molar-refractivity contribution is 5.83. The molecule has 1 heterocycles. The van der Waals surface area contributed by atoms with E-state index in [9.17, 15) is 9.90 Å². The van der Waals surface area contributed by atoms with Crippen molar-refractivity contribution in [2.45, 2.75) is 0 Å². The number of aromatic hydroxyl groups is 1. The number of allylic oxidation sites excluding steroid dienone is 2. The Hall–Kier alpha value is -2.23. The van der Waals surface area contributed by atoms with Crippen molar-refractivity contribution in [2.75, 3.05) is 31.1 Å². The van der Waals surface area contributed by atoms with Crippen LogP contribution in [0.3, 0.4) is 0 Å². The fourth-order valence-electron chi connectivity index (χ4n) is 2.66. The predicted molar refractivity (Wildman–Crippen MR) is 78.7 cm³/mol. The predicted octanol–water partition coefficient (Wildman–Crippen LogP) is 1.78. The molecule has 1 aliphatic heterocycles. The summed E-state index contributed by atoms with van der Waals surface area (Å²) in [5.74, 6) is 0.401. The number of nitrogens with zero attached hydrogens (tertiary/aromatic N) is 2. The van der Waals surface area contributed by atoms with Crippen molar-refractivity contribution in [1.29, 1.82) is 0 Å². The Kier molecular flexibility index (Phi) is 3.46. The summed E-state index contributed by atoms with van der Waals surface area (Å²) < 4.78 is 0. The molecule has 20 heavy (non-hydrogen) atoms. The minimum atomic E-state index is -0.0739. The molecule has 4 heteroatoms. The topological polar surface area (TPSA) is 43.8 Å². The molecule has 3 rings (SSSR count). The molecule has 1 N–H and O–H groups in total. The maximum Gasteiger partial charge on any atom is 0.233 e. The lowest BCUT2D eigenvalue weighted by atomic mass is 10.1. The lowest BCUT2D eigenvalue weighted by molar-refractivity contribution is -0.132. The quantitative estimate of drug-likeness (QED) is 0.891. The van der Waals surface area contributed by atoms with Crippen molar-refractivity contribution in [2.24, 2.45) is 5.92 Å². The molecule has 0 saturated carbocycles. The zero-order valence-electron chi connectivity index (χ0n) is 11.3. The molecule has 104 valence electrons. The van der Waals surface area contributed by atoms with E-state index in [1.54, 1.807) is 12.1 Å². The van der Waals surface area contributed by atoms with Gasteiger partial charge in [0.1, 0.15) is 5.75 Å². The van der Waals surface area contributed by atoms with Crippen molar-refractivity contribution >= 4 is 11.6 Å². The summed E-state index contributed by atoms with van der Waals surface area (Å²) in [4.78, 5) is 16.4. The van der Waals surface area contributed by atoms with E-state index in [1.165, 1.54) is 0 Å². The number of piperazine rings is 1. The third-order valence-electron chi connectivity index (χ3n) is 3.84. The van der Waals surface area contributed by atoms with E-state index >= 15 is 0 Å². The number of benzene rings is 1. The van der Waals surface area contributed by atoms with Crippen LogP contribution in [0.2, 0.25) is 0 Å². The second-order valence-electron chi connectivity index (χ2n) is 5.12. The van der Waals surface area contributed by atoms with E-state index in [2.05, 4.69) is 4.90 Å². The van der Waals surface area contributed by atoms with Crippen molar-refractivity contribution in [3.63, 3.8) is 0 Å². The molecule has 0 bridgehead atoms. The number of carbonyl (C=O) groups excluding carboxylic acids is 1. The van der Waals surface area contributed by atoms with Gasteiger partial charge >= 0.3 is 0 Å². The molecule has 0 aromatic heterocycles. The highest BCUT2D eigenvalue weighted by atomic mass is 16.3. The molecule has 1 aromatic carbocycles. The first-order valence-electron chi connectivity index (χ1n) is 6.92. The Morgan fingerprint density at radius 2 is 1.60 bits per heavy atom. The molecular formula is C16H18N2O2. The number of carbonyl (C=O) groups is 1. The van der Waals surface area contributed by atoms with E-state index in [0.29, 0.717) is 0 Å². The van der Waals surface area contributed by atoms with Crippen LogP contribution in [0.5, 0.6) is 5.75 Å². The molecule has 1 fully saturated rings.